The molecule has 3 aromatic rings. The molecule has 0 fully saturated rings. The Morgan fingerprint density at radius 2 is 1.83 bits per heavy atom. The first-order chi connectivity index (χ1) is 11.1. The molecule has 3 rings (SSSR count). The van der Waals surface area contributed by atoms with Crippen molar-refractivity contribution in [3.05, 3.63) is 67.9 Å². The number of halogens is 3. The molecule has 0 bridgehead atoms. The number of nitrogens with zero attached hydrogens (tertiary/aromatic N) is 3. The van der Waals surface area contributed by atoms with E-state index in [1.165, 1.54) is 4.68 Å². The molecule has 116 valence electrons. The van der Waals surface area contributed by atoms with Crippen LogP contribution in [0.2, 0.25) is 15.1 Å². The Morgan fingerprint density at radius 1 is 1.09 bits per heavy atom. The topological polar surface area (TPSA) is 46.0 Å². The van der Waals surface area contributed by atoms with Crippen LogP contribution in [0, 0.1) is 4.77 Å². The van der Waals surface area contributed by atoms with Crippen LogP contribution >= 0.6 is 47.0 Å². The zero-order chi connectivity index (χ0) is 16.4. The van der Waals surface area contributed by atoms with Crippen molar-refractivity contribution in [1.82, 2.24) is 14.9 Å². The van der Waals surface area contributed by atoms with E-state index in [2.05, 4.69) is 15.3 Å². The van der Waals surface area contributed by atoms with Crippen molar-refractivity contribution < 1.29 is 0 Å². The Bertz CT molecular complexity index is 929. The molecule has 23 heavy (non-hydrogen) atoms. The van der Waals surface area contributed by atoms with Crippen molar-refractivity contribution in [3.63, 3.8) is 0 Å². The van der Waals surface area contributed by atoms with E-state index in [-0.39, 0.29) is 0 Å². The van der Waals surface area contributed by atoms with Gasteiger partial charge in [0, 0.05) is 16.1 Å². The van der Waals surface area contributed by atoms with Gasteiger partial charge < -0.3 is 0 Å². The summed E-state index contributed by atoms with van der Waals surface area (Å²) in [6.45, 7) is 0. The highest BCUT2D eigenvalue weighted by atomic mass is 35.5. The van der Waals surface area contributed by atoms with Crippen LogP contribution in [0.5, 0.6) is 0 Å². The van der Waals surface area contributed by atoms with Crippen LogP contribution in [0.15, 0.2) is 47.6 Å². The molecule has 1 N–H and O–H groups in total. The quantitative estimate of drug-likeness (QED) is 0.483. The van der Waals surface area contributed by atoms with Gasteiger partial charge in [-0.3, -0.25) is 0 Å². The summed E-state index contributed by atoms with van der Waals surface area (Å²) in [5, 5.41) is 12.8. The van der Waals surface area contributed by atoms with Crippen molar-refractivity contribution in [2.45, 2.75) is 0 Å². The van der Waals surface area contributed by atoms with E-state index < -0.39 is 0 Å². The number of nitrogens with one attached hydrogen (secondary N) is 1. The van der Waals surface area contributed by atoms with Gasteiger partial charge in [-0.05, 0) is 42.5 Å². The third kappa shape index (κ3) is 3.48. The summed E-state index contributed by atoms with van der Waals surface area (Å²) in [7, 11) is 0. The number of hydrogen-bond donors (Lipinski definition) is 1. The molecule has 1 heterocycles. The minimum Gasteiger partial charge on any atom is -0.250 e. The molecule has 8 heteroatoms. The summed E-state index contributed by atoms with van der Waals surface area (Å²) < 4.78 is 1.87. The first kappa shape index (κ1) is 16.2. The van der Waals surface area contributed by atoms with E-state index in [1.54, 1.807) is 30.5 Å². The lowest BCUT2D eigenvalue weighted by atomic mass is 10.2. The molecule has 0 unspecified atom stereocenters. The molecule has 0 saturated carbocycles. The zero-order valence-corrected chi connectivity index (χ0v) is 14.6. The molecule has 2 aromatic carbocycles. The third-order valence-corrected chi connectivity index (χ3v) is 4.40. The summed E-state index contributed by atoms with van der Waals surface area (Å²) in [5.41, 5.74) is 1.51. The predicted molar refractivity (Wildman–Crippen MR) is 97.3 cm³/mol. The first-order valence-corrected chi connectivity index (χ1v) is 8.02. The summed E-state index contributed by atoms with van der Waals surface area (Å²) >= 11 is 23.3. The number of hydrogen-bond acceptors (Lipinski definition) is 3. The van der Waals surface area contributed by atoms with E-state index in [4.69, 9.17) is 47.0 Å². The summed E-state index contributed by atoms with van der Waals surface area (Å²) in [6, 6.07) is 12.5. The Kier molecular flexibility index (Phi) is 4.82. The minimum absolute atomic E-state index is 0.365. The van der Waals surface area contributed by atoms with Gasteiger partial charge in [0.1, 0.15) is 0 Å². The highest BCUT2D eigenvalue weighted by Gasteiger charge is 2.08. The van der Waals surface area contributed by atoms with Crippen LogP contribution < -0.4 is 0 Å². The average Bonchev–Trinajstić information content (AvgIpc) is 2.91. The molecule has 0 aliphatic heterocycles. The van der Waals surface area contributed by atoms with Crippen molar-refractivity contribution in [2.24, 2.45) is 5.10 Å². The van der Waals surface area contributed by atoms with Crippen LogP contribution in [-0.4, -0.2) is 21.1 Å². The summed E-state index contributed by atoms with van der Waals surface area (Å²) in [6.07, 6.45) is 1.58. The second kappa shape index (κ2) is 6.84. The Hall–Kier alpha value is -1.66. The monoisotopic (exact) mass is 382 g/mol. The molecule has 4 nitrogen and oxygen atoms in total. The molecular formula is C15H9Cl3N4S. The molecular weight excluding hydrogens is 375 g/mol. The van der Waals surface area contributed by atoms with E-state index >= 15 is 0 Å². The van der Waals surface area contributed by atoms with Gasteiger partial charge in [0.2, 0.25) is 4.77 Å². The second-order valence-corrected chi connectivity index (χ2v) is 6.17. The highest BCUT2D eigenvalue weighted by Crippen LogP contribution is 2.24. The third-order valence-electron chi connectivity index (χ3n) is 3.05. The molecule has 0 aliphatic carbocycles. The van der Waals surface area contributed by atoms with Crippen molar-refractivity contribution in [1.29, 1.82) is 0 Å². The van der Waals surface area contributed by atoms with Gasteiger partial charge in [-0.1, -0.05) is 46.9 Å². The van der Waals surface area contributed by atoms with Crippen LogP contribution in [0.3, 0.4) is 0 Å². The molecule has 0 spiro atoms. The van der Waals surface area contributed by atoms with E-state index in [0.29, 0.717) is 31.2 Å². The van der Waals surface area contributed by atoms with Gasteiger partial charge in [0.05, 0.1) is 16.3 Å². The maximum absolute atomic E-state index is 6.15. The summed E-state index contributed by atoms with van der Waals surface area (Å²) in [4.78, 5) is 0. The van der Waals surface area contributed by atoms with Crippen molar-refractivity contribution >= 4 is 53.2 Å². The van der Waals surface area contributed by atoms with E-state index in [9.17, 15) is 0 Å². The zero-order valence-electron chi connectivity index (χ0n) is 11.5. The highest BCUT2D eigenvalue weighted by molar-refractivity contribution is 7.71. The van der Waals surface area contributed by atoms with Gasteiger partial charge in [0.25, 0.3) is 0 Å². The fourth-order valence-corrected chi connectivity index (χ4v) is 2.59. The lowest BCUT2D eigenvalue weighted by Crippen LogP contribution is -1.95. The minimum atomic E-state index is 0.365. The lowest BCUT2D eigenvalue weighted by Gasteiger charge is -2.02. The first-order valence-electron chi connectivity index (χ1n) is 6.48. The molecule has 0 aliphatic rings. The number of aromatic nitrogens is 3. The van der Waals surface area contributed by atoms with Gasteiger partial charge in [0.15, 0.2) is 5.82 Å². The molecule has 0 radical (unpaired) electrons. The van der Waals surface area contributed by atoms with Crippen LogP contribution in [0.1, 0.15) is 5.56 Å². The van der Waals surface area contributed by atoms with Gasteiger partial charge in [-0.15, -0.1) is 0 Å². The molecule has 0 saturated heterocycles. The maximum atomic E-state index is 6.15. The van der Waals surface area contributed by atoms with Crippen molar-refractivity contribution in [3.8, 4) is 11.4 Å². The Labute approximate surface area is 152 Å². The average molecular weight is 384 g/mol. The van der Waals surface area contributed by atoms with Crippen LogP contribution in [-0.2, 0) is 0 Å². The van der Waals surface area contributed by atoms with E-state index in [0.717, 1.165) is 5.56 Å². The predicted octanol–water partition coefficient (Wildman–Crippen LogP) is 5.45. The molecule has 1 aromatic heterocycles. The number of rotatable bonds is 3. The van der Waals surface area contributed by atoms with Gasteiger partial charge in [-0.25, -0.2) is 5.10 Å². The normalized spacial score (nSPS) is 11.3. The lowest BCUT2D eigenvalue weighted by molar-refractivity contribution is 0.871. The Morgan fingerprint density at radius 3 is 2.57 bits per heavy atom. The van der Waals surface area contributed by atoms with Gasteiger partial charge >= 0.3 is 0 Å². The van der Waals surface area contributed by atoms with Crippen molar-refractivity contribution in [2.75, 3.05) is 0 Å². The number of aromatic amines is 1. The van der Waals surface area contributed by atoms with Gasteiger partial charge in [-0.2, -0.15) is 14.9 Å². The fourth-order valence-electron chi connectivity index (χ4n) is 1.92. The van der Waals surface area contributed by atoms with Crippen LogP contribution in [0.25, 0.3) is 11.4 Å². The molecule has 0 amide bonds. The Balaban J connectivity index is 2.02. The smallest absolute Gasteiger partial charge is 0.216 e. The largest absolute Gasteiger partial charge is 0.250 e. The molecule has 0 atom stereocenters. The number of H-pyrrole nitrogens is 1. The standard InChI is InChI=1S/C15H9Cl3N4S/c16-11-6-4-9(5-7-11)14-20-21-15(23)22(14)19-8-10-2-1-3-12(17)13(10)18/h1-8H,(H,21,23)/b19-8+. The van der Waals surface area contributed by atoms with Crippen LogP contribution in [0.4, 0.5) is 0 Å². The number of benzene rings is 2. The fraction of sp³-hybridized carbons (Fsp3) is 0. The maximum Gasteiger partial charge on any atom is 0.216 e. The van der Waals surface area contributed by atoms with E-state index in [1.807, 2.05) is 18.2 Å². The summed E-state index contributed by atoms with van der Waals surface area (Å²) in [5.74, 6) is 0.570. The second-order valence-electron chi connectivity index (χ2n) is 4.56. The SMILES string of the molecule is S=c1[nH]nc(-c2ccc(Cl)cc2)n1/N=C/c1cccc(Cl)c1Cl.